The normalized spacial score (nSPS) is 28.4. The largest absolute Gasteiger partial charge is 0.469 e. The summed E-state index contributed by atoms with van der Waals surface area (Å²) in [4.78, 5) is 38.7. The van der Waals surface area contributed by atoms with Gasteiger partial charge in [-0.3, -0.25) is 14.4 Å². The molecule has 1 amide bonds. The first kappa shape index (κ1) is 17.4. The third-order valence-electron chi connectivity index (χ3n) is 4.97. The Morgan fingerprint density at radius 1 is 1.24 bits per heavy atom. The van der Waals surface area contributed by atoms with Crippen molar-refractivity contribution in [2.45, 2.75) is 31.0 Å². The standard InChI is InChI=1S/C18H21NO6/c1-23-16(21)10-18-13(17(22)24-2)8-9-15(20)19(18)14(11-25-18)12-6-4-3-5-7-12/h3-7,13-14H,8-11H2,1-2H3/t13-,14+,18+/m1/s1. The Bertz CT molecular complexity index is 675. The molecule has 2 saturated heterocycles. The summed E-state index contributed by atoms with van der Waals surface area (Å²) in [6.45, 7) is 0.209. The van der Waals surface area contributed by atoms with E-state index in [4.69, 9.17) is 14.2 Å². The minimum absolute atomic E-state index is 0.143. The monoisotopic (exact) mass is 347 g/mol. The van der Waals surface area contributed by atoms with Gasteiger partial charge in [0.25, 0.3) is 0 Å². The maximum atomic E-state index is 12.7. The van der Waals surface area contributed by atoms with Gasteiger partial charge in [0, 0.05) is 6.42 Å². The summed E-state index contributed by atoms with van der Waals surface area (Å²) in [5.41, 5.74) is -0.469. The van der Waals surface area contributed by atoms with E-state index in [0.29, 0.717) is 0 Å². The number of carbonyl (C=O) groups excluding carboxylic acids is 3. The SMILES string of the molecule is COC(=O)C[C@@]12OC[C@@H](c3ccccc3)N1C(=O)CC[C@@H]2C(=O)OC. The highest BCUT2D eigenvalue weighted by molar-refractivity contribution is 5.85. The number of amides is 1. The summed E-state index contributed by atoms with van der Waals surface area (Å²) in [6.07, 6.45) is 0.272. The number of carbonyl (C=O) groups is 3. The van der Waals surface area contributed by atoms with Crippen molar-refractivity contribution in [1.82, 2.24) is 4.90 Å². The van der Waals surface area contributed by atoms with Crippen LogP contribution in [0.3, 0.4) is 0 Å². The Labute approximate surface area is 145 Å². The van der Waals surface area contributed by atoms with Crippen molar-refractivity contribution in [3.05, 3.63) is 35.9 Å². The average Bonchev–Trinajstić information content (AvgIpc) is 3.02. The van der Waals surface area contributed by atoms with Crippen LogP contribution in [0.2, 0.25) is 0 Å². The summed E-state index contributed by atoms with van der Waals surface area (Å²) in [5.74, 6) is -1.91. The Hall–Kier alpha value is -2.41. The molecule has 0 bridgehead atoms. The van der Waals surface area contributed by atoms with E-state index in [2.05, 4.69) is 0 Å². The molecule has 134 valence electrons. The quantitative estimate of drug-likeness (QED) is 0.767. The highest BCUT2D eigenvalue weighted by Crippen LogP contribution is 2.48. The molecule has 2 heterocycles. The number of ether oxygens (including phenoxy) is 3. The predicted octanol–water partition coefficient (Wildman–Crippen LogP) is 1.43. The number of nitrogens with zero attached hydrogens (tertiary/aromatic N) is 1. The molecule has 0 saturated carbocycles. The minimum Gasteiger partial charge on any atom is -0.469 e. The number of fused-ring (bicyclic) bond motifs is 1. The van der Waals surface area contributed by atoms with Gasteiger partial charge in [0.05, 0.1) is 33.3 Å². The smallest absolute Gasteiger partial charge is 0.313 e. The second-order valence-corrected chi connectivity index (χ2v) is 6.21. The van der Waals surface area contributed by atoms with Crippen LogP contribution in [0.4, 0.5) is 0 Å². The van der Waals surface area contributed by atoms with Crippen LogP contribution in [0.15, 0.2) is 30.3 Å². The van der Waals surface area contributed by atoms with Crippen LogP contribution in [0.25, 0.3) is 0 Å². The minimum atomic E-state index is -1.37. The highest BCUT2D eigenvalue weighted by atomic mass is 16.6. The Morgan fingerprint density at radius 3 is 2.60 bits per heavy atom. The van der Waals surface area contributed by atoms with Crippen LogP contribution in [0, 0.1) is 5.92 Å². The van der Waals surface area contributed by atoms with E-state index >= 15 is 0 Å². The molecular formula is C18H21NO6. The van der Waals surface area contributed by atoms with E-state index in [1.807, 2.05) is 30.3 Å². The van der Waals surface area contributed by atoms with Gasteiger partial charge in [0.15, 0.2) is 5.72 Å². The third kappa shape index (κ3) is 2.89. The molecule has 25 heavy (non-hydrogen) atoms. The van der Waals surface area contributed by atoms with Gasteiger partial charge in [-0.25, -0.2) is 0 Å². The predicted molar refractivity (Wildman–Crippen MR) is 86.1 cm³/mol. The van der Waals surface area contributed by atoms with Crippen molar-refractivity contribution in [3.8, 4) is 0 Å². The first-order valence-corrected chi connectivity index (χ1v) is 8.19. The number of methoxy groups -OCH3 is 2. The lowest BCUT2D eigenvalue weighted by Crippen LogP contribution is -2.60. The van der Waals surface area contributed by atoms with Crippen LogP contribution < -0.4 is 0 Å². The molecule has 0 N–H and O–H groups in total. The Morgan fingerprint density at radius 2 is 1.96 bits per heavy atom. The van der Waals surface area contributed by atoms with Crippen LogP contribution in [-0.4, -0.2) is 49.3 Å². The summed E-state index contributed by atoms with van der Waals surface area (Å²) in [6, 6.07) is 9.08. The lowest BCUT2D eigenvalue weighted by Gasteiger charge is -2.46. The summed E-state index contributed by atoms with van der Waals surface area (Å²) >= 11 is 0. The molecule has 0 spiro atoms. The molecule has 3 atom stereocenters. The van der Waals surface area contributed by atoms with E-state index in [1.165, 1.54) is 14.2 Å². The van der Waals surface area contributed by atoms with Gasteiger partial charge in [0.2, 0.25) is 5.91 Å². The molecule has 7 nitrogen and oxygen atoms in total. The lowest BCUT2D eigenvalue weighted by molar-refractivity contribution is -0.195. The van der Waals surface area contributed by atoms with Crippen molar-refractivity contribution in [2.75, 3.05) is 20.8 Å². The fourth-order valence-electron chi connectivity index (χ4n) is 3.80. The molecule has 2 aliphatic rings. The third-order valence-corrected chi connectivity index (χ3v) is 4.97. The molecular weight excluding hydrogens is 326 g/mol. The van der Waals surface area contributed by atoms with Crippen LogP contribution in [-0.2, 0) is 28.6 Å². The maximum absolute atomic E-state index is 12.7. The molecule has 2 fully saturated rings. The van der Waals surface area contributed by atoms with Gasteiger partial charge in [-0.1, -0.05) is 30.3 Å². The van der Waals surface area contributed by atoms with Gasteiger partial charge in [-0.15, -0.1) is 0 Å². The zero-order valence-electron chi connectivity index (χ0n) is 14.3. The molecule has 7 heteroatoms. The number of hydrogen-bond acceptors (Lipinski definition) is 6. The average molecular weight is 347 g/mol. The van der Waals surface area contributed by atoms with E-state index in [9.17, 15) is 14.4 Å². The van der Waals surface area contributed by atoms with Crippen molar-refractivity contribution in [2.24, 2.45) is 5.92 Å². The van der Waals surface area contributed by atoms with Gasteiger partial charge in [-0.2, -0.15) is 0 Å². The van der Waals surface area contributed by atoms with Gasteiger partial charge < -0.3 is 19.1 Å². The molecule has 1 aromatic rings. The molecule has 2 aliphatic heterocycles. The van der Waals surface area contributed by atoms with Crippen LogP contribution >= 0.6 is 0 Å². The molecule has 0 radical (unpaired) electrons. The molecule has 1 aromatic carbocycles. The summed E-state index contributed by atoms with van der Waals surface area (Å²) in [5, 5.41) is 0. The van der Waals surface area contributed by atoms with Gasteiger partial charge in [-0.05, 0) is 12.0 Å². The first-order chi connectivity index (χ1) is 12.0. The first-order valence-electron chi connectivity index (χ1n) is 8.19. The van der Waals surface area contributed by atoms with E-state index in [-0.39, 0.29) is 37.8 Å². The van der Waals surface area contributed by atoms with Crippen molar-refractivity contribution >= 4 is 17.8 Å². The number of esters is 2. The van der Waals surface area contributed by atoms with Gasteiger partial charge in [0.1, 0.15) is 5.92 Å². The van der Waals surface area contributed by atoms with Crippen molar-refractivity contribution in [1.29, 1.82) is 0 Å². The Balaban J connectivity index is 2.05. The molecule has 0 aliphatic carbocycles. The summed E-state index contributed by atoms with van der Waals surface area (Å²) < 4.78 is 15.7. The fraction of sp³-hybridized carbons (Fsp3) is 0.500. The molecule has 0 unspecified atom stereocenters. The van der Waals surface area contributed by atoms with Crippen molar-refractivity contribution < 1.29 is 28.6 Å². The van der Waals surface area contributed by atoms with Crippen LogP contribution in [0.5, 0.6) is 0 Å². The second-order valence-electron chi connectivity index (χ2n) is 6.21. The zero-order chi connectivity index (χ0) is 18.0. The van der Waals surface area contributed by atoms with E-state index < -0.39 is 23.6 Å². The topological polar surface area (TPSA) is 82.1 Å². The van der Waals surface area contributed by atoms with E-state index in [1.54, 1.807) is 4.90 Å². The number of benzene rings is 1. The highest BCUT2D eigenvalue weighted by Gasteiger charge is 2.61. The maximum Gasteiger partial charge on any atom is 0.313 e. The van der Waals surface area contributed by atoms with Gasteiger partial charge >= 0.3 is 11.9 Å². The number of piperidine rings is 1. The number of hydrogen-bond donors (Lipinski definition) is 0. The number of rotatable bonds is 4. The zero-order valence-corrected chi connectivity index (χ0v) is 14.3. The molecule has 0 aromatic heterocycles. The second kappa shape index (κ2) is 6.84. The summed E-state index contributed by atoms with van der Waals surface area (Å²) in [7, 11) is 2.56. The fourth-order valence-corrected chi connectivity index (χ4v) is 3.80. The van der Waals surface area contributed by atoms with Crippen molar-refractivity contribution in [3.63, 3.8) is 0 Å². The lowest BCUT2D eigenvalue weighted by atomic mass is 9.82. The van der Waals surface area contributed by atoms with E-state index in [0.717, 1.165) is 5.56 Å². The van der Waals surface area contributed by atoms with Crippen LogP contribution in [0.1, 0.15) is 30.9 Å². The Kier molecular flexibility index (Phi) is 4.76. The molecule has 3 rings (SSSR count).